The van der Waals surface area contributed by atoms with Crippen molar-refractivity contribution in [3.8, 4) is 0 Å². The van der Waals surface area contributed by atoms with Gasteiger partial charge in [-0.05, 0) is 78.2 Å². The number of aryl methyl sites for hydroxylation is 1. The van der Waals surface area contributed by atoms with Crippen molar-refractivity contribution in [3.05, 3.63) is 46.5 Å². The molecule has 2 unspecified atom stereocenters. The van der Waals surface area contributed by atoms with Crippen LogP contribution in [0.4, 0.5) is 0 Å². The van der Waals surface area contributed by atoms with E-state index in [4.69, 9.17) is 9.84 Å². The number of hydrogen-bond acceptors (Lipinski definition) is 2. The van der Waals surface area contributed by atoms with E-state index in [1.165, 1.54) is 41.2 Å². The predicted molar refractivity (Wildman–Crippen MR) is 110 cm³/mol. The molecule has 2 aliphatic rings. The molecule has 0 saturated heterocycles. The average molecular weight is 371 g/mol. The van der Waals surface area contributed by atoms with E-state index in [1.54, 1.807) is 13.2 Å². The number of rotatable bonds is 4. The molecule has 3 heteroatoms. The highest BCUT2D eigenvalue weighted by atomic mass is 16.5. The number of hydrogen-bond donors (Lipinski definition) is 1. The molecule has 0 spiro atoms. The summed E-state index contributed by atoms with van der Waals surface area (Å²) in [5, 5.41) is 9.14. The van der Waals surface area contributed by atoms with Crippen molar-refractivity contribution in [2.75, 3.05) is 7.11 Å². The number of aliphatic carboxylic acids is 1. The number of carboxylic acids is 1. The standard InChI is InChI=1S/C24H34O3/c1-16-14-19-20(23(4,5)13-12-22(19,2)3)15-17(16)18-8-7-10-24(18,27-6)11-9-21(25)26/h9,11,14-15,18H,7-8,10,12-13H2,1-6H3,(H,25,26). The van der Waals surface area contributed by atoms with Crippen molar-refractivity contribution in [2.24, 2.45) is 0 Å². The summed E-state index contributed by atoms with van der Waals surface area (Å²) in [5.74, 6) is -0.716. The highest BCUT2D eigenvalue weighted by molar-refractivity contribution is 5.80. The van der Waals surface area contributed by atoms with Gasteiger partial charge < -0.3 is 9.84 Å². The van der Waals surface area contributed by atoms with Gasteiger partial charge in [0.25, 0.3) is 0 Å². The van der Waals surface area contributed by atoms with Crippen LogP contribution in [0.1, 0.15) is 88.0 Å². The molecule has 2 aliphatic carbocycles. The van der Waals surface area contributed by atoms with E-state index in [-0.39, 0.29) is 16.7 Å². The molecule has 1 aromatic rings. The molecule has 0 radical (unpaired) electrons. The molecule has 0 amide bonds. The Balaban J connectivity index is 2.13. The summed E-state index contributed by atoms with van der Waals surface area (Å²) in [4.78, 5) is 11.1. The third-order valence-corrected chi connectivity index (χ3v) is 7.15. The number of carboxylic acid groups (broad SMARTS) is 1. The first-order chi connectivity index (χ1) is 12.5. The summed E-state index contributed by atoms with van der Waals surface area (Å²) >= 11 is 0. The van der Waals surface area contributed by atoms with E-state index in [1.807, 2.05) is 0 Å². The first-order valence-electron chi connectivity index (χ1n) is 10.2. The molecule has 0 heterocycles. The van der Waals surface area contributed by atoms with E-state index in [0.717, 1.165) is 19.3 Å². The van der Waals surface area contributed by atoms with Crippen LogP contribution in [0, 0.1) is 6.92 Å². The van der Waals surface area contributed by atoms with Crippen molar-refractivity contribution in [2.45, 2.75) is 89.1 Å². The van der Waals surface area contributed by atoms with Gasteiger partial charge in [-0.25, -0.2) is 4.79 Å². The molecule has 1 fully saturated rings. The molecule has 3 nitrogen and oxygen atoms in total. The van der Waals surface area contributed by atoms with Gasteiger partial charge in [0.15, 0.2) is 0 Å². The normalized spacial score (nSPS) is 29.0. The quantitative estimate of drug-likeness (QED) is 0.698. The van der Waals surface area contributed by atoms with E-state index in [0.29, 0.717) is 0 Å². The van der Waals surface area contributed by atoms with Crippen LogP contribution in [0.2, 0.25) is 0 Å². The zero-order valence-corrected chi connectivity index (χ0v) is 17.7. The molecular weight excluding hydrogens is 336 g/mol. The second kappa shape index (κ2) is 6.77. The summed E-state index contributed by atoms with van der Waals surface area (Å²) < 4.78 is 5.96. The topological polar surface area (TPSA) is 46.5 Å². The van der Waals surface area contributed by atoms with E-state index in [9.17, 15) is 4.79 Å². The summed E-state index contributed by atoms with van der Waals surface area (Å²) in [6.07, 6.45) is 8.37. The fourth-order valence-corrected chi connectivity index (χ4v) is 5.26. The van der Waals surface area contributed by atoms with Crippen LogP contribution < -0.4 is 0 Å². The average Bonchev–Trinajstić information content (AvgIpc) is 3.01. The van der Waals surface area contributed by atoms with Crippen LogP contribution >= 0.6 is 0 Å². The van der Waals surface area contributed by atoms with E-state index >= 15 is 0 Å². The largest absolute Gasteiger partial charge is 0.478 e. The monoisotopic (exact) mass is 370 g/mol. The van der Waals surface area contributed by atoms with Crippen LogP contribution in [-0.4, -0.2) is 23.8 Å². The summed E-state index contributed by atoms with van der Waals surface area (Å²) in [6, 6.07) is 4.81. The number of carbonyl (C=O) groups is 1. The molecule has 3 rings (SSSR count). The smallest absolute Gasteiger partial charge is 0.328 e. The highest BCUT2D eigenvalue weighted by Gasteiger charge is 2.44. The molecule has 27 heavy (non-hydrogen) atoms. The van der Waals surface area contributed by atoms with Gasteiger partial charge in [0.2, 0.25) is 0 Å². The Morgan fingerprint density at radius 3 is 2.26 bits per heavy atom. The Morgan fingerprint density at radius 2 is 1.70 bits per heavy atom. The highest BCUT2D eigenvalue weighted by Crippen LogP contribution is 2.51. The zero-order chi connectivity index (χ0) is 20.0. The van der Waals surface area contributed by atoms with E-state index in [2.05, 4.69) is 46.8 Å². The second-order valence-corrected chi connectivity index (χ2v) is 9.80. The number of benzene rings is 1. The number of ether oxygens (including phenoxy) is 1. The maximum absolute atomic E-state index is 11.1. The third kappa shape index (κ3) is 3.47. The third-order valence-electron chi connectivity index (χ3n) is 7.15. The molecule has 148 valence electrons. The van der Waals surface area contributed by atoms with E-state index < -0.39 is 11.6 Å². The van der Waals surface area contributed by atoms with Gasteiger partial charge in [0.1, 0.15) is 0 Å². The summed E-state index contributed by atoms with van der Waals surface area (Å²) in [5.41, 5.74) is 5.40. The Labute approximate surface area is 163 Å². The molecule has 0 aliphatic heterocycles. The predicted octanol–water partition coefficient (Wildman–Crippen LogP) is 5.64. The maximum atomic E-state index is 11.1. The number of methoxy groups -OCH3 is 1. The number of fused-ring (bicyclic) bond motifs is 1. The fourth-order valence-electron chi connectivity index (χ4n) is 5.26. The van der Waals surface area contributed by atoms with Gasteiger partial charge in [-0.15, -0.1) is 0 Å². The van der Waals surface area contributed by atoms with Crippen LogP contribution in [0.25, 0.3) is 0 Å². The SMILES string of the molecule is COC1(C=CC(=O)O)CCCC1c1cc2c(cc1C)C(C)(C)CCC2(C)C. The van der Waals surface area contributed by atoms with Crippen LogP contribution in [-0.2, 0) is 20.4 Å². The van der Waals surface area contributed by atoms with Gasteiger partial charge in [0.05, 0.1) is 5.60 Å². The lowest BCUT2D eigenvalue weighted by Crippen LogP contribution is -2.36. The summed E-state index contributed by atoms with van der Waals surface area (Å²) in [7, 11) is 1.71. The summed E-state index contributed by atoms with van der Waals surface area (Å²) in [6.45, 7) is 11.6. The Bertz CT molecular complexity index is 772. The Morgan fingerprint density at radius 1 is 1.11 bits per heavy atom. The minimum absolute atomic E-state index is 0.165. The molecule has 1 saturated carbocycles. The van der Waals surface area contributed by atoms with Gasteiger partial charge in [-0.1, -0.05) is 39.8 Å². The lowest BCUT2D eigenvalue weighted by Gasteiger charge is -2.43. The molecular formula is C24H34O3. The first kappa shape index (κ1) is 20.1. The molecule has 1 aromatic carbocycles. The van der Waals surface area contributed by atoms with Gasteiger partial charge >= 0.3 is 5.97 Å². The minimum atomic E-state index is -0.915. The van der Waals surface area contributed by atoms with Crippen LogP contribution in [0.5, 0.6) is 0 Å². The Kier molecular flexibility index (Phi) is 5.05. The maximum Gasteiger partial charge on any atom is 0.328 e. The molecule has 1 N–H and O–H groups in total. The van der Waals surface area contributed by atoms with Crippen LogP contribution in [0.15, 0.2) is 24.3 Å². The molecule has 0 aromatic heterocycles. The zero-order valence-electron chi connectivity index (χ0n) is 17.7. The lowest BCUT2D eigenvalue weighted by molar-refractivity contribution is -0.131. The van der Waals surface area contributed by atoms with Crippen molar-refractivity contribution in [3.63, 3.8) is 0 Å². The van der Waals surface area contributed by atoms with Gasteiger partial charge in [-0.2, -0.15) is 0 Å². The minimum Gasteiger partial charge on any atom is -0.478 e. The second-order valence-electron chi connectivity index (χ2n) is 9.80. The van der Waals surface area contributed by atoms with Crippen molar-refractivity contribution >= 4 is 5.97 Å². The van der Waals surface area contributed by atoms with Gasteiger partial charge in [-0.3, -0.25) is 0 Å². The van der Waals surface area contributed by atoms with Crippen molar-refractivity contribution in [1.82, 2.24) is 0 Å². The van der Waals surface area contributed by atoms with Crippen molar-refractivity contribution < 1.29 is 14.6 Å². The van der Waals surface area contributed by atoms with Crippen LogP contribution in [0.3, 0.4) is 0 Å². The first-order valence-corrected chi connectivity index (χ1v) is 10.2. The molecule has 0 bridgehead atoms. The fraction of sp³-hybridized carbons (Fsp3) is 0.625. The molecule has 2 atom stereocenters. The lowest BCUT2D eigenvalue weighted by atomic mass is 9.62. The van der Waals surface area contributed by atoms with Gasteiger partial charge in [0, 0.05) is 19.1 Å². The van der Waals surface area contributed by atoms with Crippen molar-refractivity contribution in [1.29, 1.82) is 0 Å². The Hall–Kier alpha value is -1.61.